The molecule has 2 aromatic rings. The summed E-state index contributed by atoms with van der Waals surface area (Å²) < 4.78 is 10.7. The van der Waals surface area contributed by atoms with Crippen molar-refractivity contribution in [1.82, 2.24) is 15.1 Å². The SMILES string of the molecule is COc1ccc(CN2CCCN(c3nnc(C)o3)CC2)cc1. The van der Waals surface area contributed by atoms with Crippen LogP contribution >= 0.6 is 0 Å². The van der Waals surface area contributed by atoms with E-state index in [1.165, 1.54) is 5.56 Å². The van der Waals surface area contributed by atoms with Crippen LogP contribution in [0.5, 0.6) is 5.75 Å². The number of hydrogen-bond acceptors (Lipinski definition) is 6. The molecule has 0 amide bonds. The minimum atomic E-state index is 0.620. The summed E-state index contributed by atoms with van der Waals surface area (Å²) in [5, 5.41) is 8.03. The van der Waals surface area contributed by atoms with Crippen LogP contribution in [0.1, 0.15) is 17.9 Å². The number of hydrogen-bond donors (Lipinski definition) is 0. The van der Waals surface area contributed by atoms with Gasteiger partial charge in [0.1, 0.15) is 5.75 Å². The fourth-order valence-electron chi connectivity index (χ4n) is 2.72. The fraction of sp³-hybridized carbons (Fsp3) is 0.500. The summed E-state index contributed by atoms with van der Waals surface area (Å²) >= 11 is 0. The minimum absolute atomic E-state index is 0.620. The second-order valence-electron chi connectivity index (χ2n) is 5.57. The smallest absolute Gasteiger partial charge is 0.318 e. The molecule has 0 aliphatic carbocycles. The fourth-order valence-corrected chi connectivity index (χ4v) is 2.72. The molecule has 1 saturated heterocycles. The van der Waals surface area contributed by atoms with Crippen molar-refractivity contribution in [3.05, 3.63) is 35.7 Å². The molecule has 0 radical (unpaired) electrons. The van der Waals surface area contributed by atoms with E-state index in [9.17, 15) is 0 Å². The van der Waals surface area contributed by atoms with E-state index in [1.807, 2.05) is 19.1 Å². The lowest BCUT2D eigenvalue weighted by Crippen LogP contribution is -2.30. The van der Waals surface area contributed by atoms with Crippen molar-refractivity contribution >= 4 is 6.01 Å². The van der Waals surface area contributed by atoms with Gasteiger partial charge in [0.25, 0.3) is 0 Å². The molecule has 22 heavy (non-hydrogen) atoms. The van der Waals surface area contributed by atoms with Crippen LogP contribution in [0.15, 0.2) is 28.7 Å². The molecule has 0 unspecified atom stereocenters. The predicted molar refractivity (Wildman–Crippen MR) is 84.1 cm³/mol. The molecule has 118 valence electrons. The van der Waals surface area contributed by atoms with Gasteiger partial charge in [-0.1, -0.05) is 17.2 Å². The van der Waals surface area contributed by atoms with E-state index in [2.05, 4.69) is 32.1 Å². The number of aromatic nitrogens is 2. The van der Waals surface area contributed by atoms with Crippen molar-refractivity contribution in [1.29, 1.82) is 0 Å². The van der Waals surface area contributed by atoms with Crippen molar-refractivity contribution in [3.63, 3.8) is 0 Å². The van der Waals surface area contributed by atoms with Crippen molar-refractivity contribution in [2.45, 2.75) is 19.9 Å². The molecule has 2 heterocycles. The lowest BCUT2D eigenvalue weighted by atomic mass is 10.2. The van der Waals surface area contributed by atoms with Gasteiger partial charge in [-0.2, -0.15) is 0 Å². The highest BCUT2D eigenvalue weighted by Gasteiger charge is 2.18. The first-order valence-electron chi connectivity index (χ1n) is 7.65. The van der Waals surface area contributed by atoms with E-state index in [0.717, 1.165) is 44.9 Å². The van der Waals surface area contributed by atoms with Crippen molar-refractivity contribution in [2.24, 2.45) is 0 Å². The summed E-state index contributed by atoms with van der Waals surface area (Å²) in [7, 11) is 1.69. The Hall–Kier alpha value is -2.08. The Morgan fingerprint density at radius 2 is 1.91 bits per heavy atom. The topological polar surface area (TPSA) is 54.6 Å². The number of aryl methyl sites for hydroxylation is 1. The van der Waals surface area contributed by atoms with E-state index >= 15 is 0 Å². The first-order valence-corrected chi connectivity index (χ1v) is 7.65. The van der Waals surface area contributed by atoms with Gasteiger partial charge >= 0.3 is 6.01 Å². The van der Waals surface area contributed by atoms with Crippen LogP contribution in [-0.4, -0.2) is 48.4 Å². The standard InChI is InChI=1S/C16H22N4O2/c1-13-17-18-16(22-13)20-9-3-8-19(10-11-20)12-14-4-6-15(21-2)7-5-14/h4-7H,3,8-12H2,1-2H3. The number of benzene rings is 1. The Balaban J connectivity index is 1.57. The van der Waals surface area contributed by atoms with E-state index in [4.69, 9.17) is 9.15 Å². The summed E-state index contributed by atoms with van der Waals surface area (Å²) in [6.07, 6.45) is 1.09. The normalized spacial score (nSPS) is 16.5. The molecule has 1 aliphatic rings. The Kier molecular flexibility index (Phi) is 4.58. The first kappa shape index (κ1) is 14.8. The van der Waals surface area contributed by atoms with Gasteiger partial charge in [-0.25, -0.2) is 0 Å². The van der Waals surface area contributed by atoms with Gasteiger partial charge in [0.05, 0.1) is 7.11 Å². The highest BCUT2D eigenvalue weighted by Crippen LogP contribution is 2.17. The molecule has 1 aromatic heterocycles. The Morgan fingerprint density at radius 1 is 1.09 bits per heavy atom. The van der Waals surface area contributed by atoms with Crippen LogP contribution < -0.4 is 9.64 Å². The quantitative estimate of drug-likeness (QED) is 0.862. The maximum atomic E-state index is 5.53. The number of methoxy groups -OCH3 is 1. The van der Waals surface area contributed by atoms with E-state index in [1.54, 1.807) is 7.11 Å². The zero-order valence-corrected chi connectivity index (χ0v) is 13.2. The molecule has 6 heteroatoms. The number of nitrogens with zero attached hydrogens (tertiary/aromatic N) is 4. The van der Waals surface area contributed by atoms with Crippen LogP contribution in [0.25, 0.3) is 0 Å². The molecule has 0 N–H and O–H groups in total. The van der Waals surface area contributed by atoms with Crippen LogP contribution in [0.4, 0.5) is 6.01 Å². The van der Waals surface area contributed by atoms with Gasteiger partial charge in [-0.05, 0) is 24.1 Å². The molecule has 1 aromatic carbocycles. The highest BCUT2D eigenvalue weighted by atomic mass is 16.5. The van der Waals surface area contributed by atoms with Crippen LogP contribution in [0.3, 0.4) is 0 Å². The Bertz CT molecular complexity index is 596. The Labute approximate surface area is 130 Å². The van der Waals surface area contributed by atoms with Crippen molar-refractivity contribution in [2.75, 3.05) is 38.2 Å². The average Bonchev–Trinajstić information content (AvgIpc) is 2.83. The summed E-state index contributed by atoms with van der Waals surface area (Å²) in [5.41, 5.74) is 1.31. The minimum Gasteiger partial charge on any atom is -0.497 e. The highest BCUT2D eigenvalue weighted by molar-refractivity contribution is 5.27. The average molecular weight is 302 g/mol. The maximum absolute atomic E-state index is 5.53. The number of rotatable bonds is 4. The molecule has 6 nitrogen and oxygen atoms in total. The van der Waals surface area contributed by atoms with Gasteiger partial charge in [-0.3, -0.25) is 4.90 Å². The molecule has 0 spiro atoms. The van der Waals surface area contributed by atoms with Crippen molar-refractivity contribution in [3.8, 4) is 5.75 Å². The van der Waals surface area contributed by atoms with E-state index in [0.29, 0.717) is 11.9 Å². The summed E-state index contributed by atoms with van der Waals surface area (Å²) in [5.74, 6) is 1.52. The first-order chi connectivity index (χ1) is 10.7. The largest absolute Gasteiger partial charge is 0.497 e. The molecule has 0 saturated carbocycles. The number of ether oxygens (including phenoxy) is 1. The predicted octanol–water partition coefficient (Wildman–Crippen LogP) is 2.10. The lowest BCUT2D eigenvalue weighted by Gasteiger charge is -2.20. The van der Waals surface area contributed by atoms with Gasteiger partial charge in [0.2, 0.25) is 5.89 Å². The monoisotopic (exact) mass is 302 g/mol. The number of anilines is 1. The molecular formula is C16H22N4O2. The third-order valence-corrected chi connectivity index (χ3v) is 3.94. The van der Waals surface area contributed by atoms with Crippen LogP contribution in [0, 0.1) is 6.92 Å². The van der Waals surface area contributed by atoms with Gasteiger partial charge in [0.15, 0.2) is 0 Å². The van der Waals surface area contributed by atoms with Gasteiger partial charge < -0.3 is 14.1 Å². The van der Waals surface area contributed by atoms with Gasteiger partial charge in [0, 0.05) is 39.6 Å². The zero-order valence-electron chi connectivity index (χ0n) is 13.2. The van der Waals surface area contributed by atoms with Crippen LogP contribution in [0.2, 0.25) is 0 Å². The van der Waals surface area contributed by atoms with Crippen molar-refractivity contribution < 1.29 is 9.15 Å². The maximum Gasteiger partial charge on any atom is 0.318 e. The summed E-state index contributed by atoms with van der Waals surface area (Å²) in [6, 6.07) is 8.93. The van der Waals surface area contributed by atoms with E-state index in [-0.39, 0.29) is 0 Å². The zero-order chi connectivity index (χ0) is 15.4. The molecule has 1 fully saturated rings. The lowest BCUT2D eigenvalue weighted by molar-refractivity contribution is 0.285. The van der Waals surface area contributed by atoms with Gasteiger partial charge in [-0.15, -0.1) is 5.10 Å². The second kappa shape index (κ2) is 6.79. The van der Waals surface area contributed by atoms with E-state index < -0.39 is 0 Å². The molecule has 3 rings (SSSR count). The molecule has 1 aliphatic heterocycles. The second-order valence-corrected chi connectivity index (χ2v) is 5.57. The molecule has 0 atom stereocenters. The summed E-state index contributed by atoms with van der Waals surface area (Å²) in [6.45, 7) is 6.73. The molecule has 0 bridgehead atoms. The molecular weight excluding hydrogens is 280 g/mol. The Morgan fingerprint density at radius 3 is 2.59 bits per heavy atom. The summed E-state index contributed by atoms with van der Waals surface area (Å²) in [4.78, 5) is 4.64. The third-order valence-electron chi connectivity index (χ3n) is 3.94. The van der Waals surface area contributed by atoms with Crippen LogP contribution in [-0.2, 0) is 6.54 Å². The third kappa shape index (κ3) is 3.57.